The van der Waals surface area contributed by atoms with Crippen molar-refractivity contribution in [3.05, 3.63) is 47.8 Å². The summed E-state index contributed by atoms with van der Waals surface area (Å²) in [5.74, 6) is 0.329. The number of hydrogen-bond acceptors (Lipinski definition) is 5. The van der Waals surface area contributed by atoms with Crippen molar-refractivity contribution in [3.8, 4) is 0 Å². The Bertz CT molecular complexity index is 783. The van der Waals surface area contributed by atoms with Gasteiger partial charge in [0, 0.05) is 45.0 Å². The van der Waals surface area contributed by atoms with Gasteiger partial charge in [-0.25, -0.2) is 9.97 Å². The minimum absolute atomic E-state index is 0.0767. The van der Waals surface area contributed by atoms with Gasteiger partial charge in [-0.1, -0.05) is 19.1 Å². The number of piperazine rings is 1. The molecular formula is C19H23N5O2. The van der Waals surface area contributed by atoms with Crippen molar-refractivity contribution in [2.24, 2.45) is 0 Å². The summed E-state index contributed by atoms with van der Waals surface area (Å²) in [6, 6.07) is 9.37. The largest absolute Gasteiger partial charge is 0.339 e. The van der Waals surface area contributed by atoms with Crippen LogP contribution in [0.5, 0.6) is 0 Å². The predicted molar refractivity (Wildman–Crippen MR) is 100 cm³/mol. The highest BCUT2D eigenvalue weighted by Crippen LogP contribution is 2.14. The number of amides is 2. The van der Waals surface area contributed by atoms with E-state index in [4.69, 9.17) is 0 Å². The van der Waals surface area contributed by atoms with Crippen molar-refractivity contribution in [3.63, 3.8) is 0 Å². The predicted octanol–water partition coefficient (Wildman–Crippen LogP) is 1.96. The number of aryl methyl sites for hydroxylation is 1. The van der Waals surface area contributed by atoms with E-state index < -0.39 is 0 Å². The number of rotatable bonds is 4. The molecule has 0 unspecified atom stereocenters. The van der Waals surface area contributed by atoms with Gasteiger partial charge in [0.05, 0.1) is 0 Å². The first-order chi connectivity index (χ1) is 12.6. The monoisotopic (exact) mass is 353 g/mol. The molecule has 2 heterocycles. The molecule has 3 rings (SSSR count). The molecule has 2 aromatic rings. The quantitative estimate of drug-likeness (QED) is 0.909. The standard InChI is InChI=1S/C19H23N5O2/c1-3-15-4-6-16(7-5-15)21-18(26)17-8-9-20-19(22-17)24-12-10-23(11-13-24)14(2)25/h4-9H,3,10-13H2,1-2H3,(H,21,26). The van der Waals surface area contributed by atoms with E-state index in [1.165, 1.54) is 5.56 Å². The topological polar surface area (TPSA) is 78.4 Å². The van der Waals surface area contributed by atoms with Gasteiger partial charge >= 0.3 is 0 Å². The van der Waals surface area contributed by atoms with Crippen LogP contribution in [0.25, 0.3) is 0 Å². The lowest BCUT2D eigenvalue weighted by Crippen LogP contribution is -2.48. The van der Waals surface area contributed by atoms with Crippen LogP contribution in [0.15, 0.2) is 36.5 Å². The van der Waals surface area contributed by atoms with E-state index in [9.17, 15) is 9.59 Å². The van der Waals surface area contributed by atoms with E-state index in [0.29, 0.717) is 37.8 Å². The van der Waals surface area contributed by atoms with Gasteiger partial charge in [-0.2, -0.15) is 0 Å². The van der Waals surface area contributed by atoms with Gasteiger partial charge in [0.25, 0.3) is 5.91 Å². The lowest BCUT2D eigenvalue weighted by molar-refractivity contribution is -0.129. The Morgan fingerprint density at radius 1 is 1.08 bits per heavy atom. The van der Waals surface area contributed by atoms with E-state index in [1.807, 2.05) is 29.2 Å². The number of nitrogens with one attached hydrogen (secondary N) is 1. The zero-order valence-corrected chi connectivity index (χ0v) is 15.1. The first kappa shape index (κ1) is 17.8. The second-order valence-electron chi connectivity index (χ2n) is 6.24. The Balaban J connectivity index is 1.66. The highest BCUT2D eigenvalue weighted by molar-refractivity contribution is 6.02. The molecule has 0 atom stereocenters. The summed E-state index contributed by atoms with van der Waals surface area (Å²) >= 11 is 0. The molecule has 1 N–H and O–H groups in total. The van der Waals surface area contributed by atoms with Gasteiger partial charge in [-0.3, -0.25) is 9.59 Å². The third kappa shape index (κ3) is 4.17. The van der Waals surface area contributed by atoms with Crippen molar-refractivity contribution < 1.29 is 9.59 Å². The molecule has 0 spiro atoms. The molecule has 2 amide bonds. The number of hydrogen-bond donors (Lipinski definition) is 1. The third-order valence-corrected chi connectivity index (χ3v) is 4.50. The lowest BCUT2D eigenvalue weighted by Gasteiger charge is -2.34. The van der Waals surface area contributed by atoms with Crippen molar-refractivity contribution in [1.82, 2.24) is 14.9 Å². The van der Waals surface area contributed by atoms with E-state index >= 15 is 0 Å². The molecule has 1 aromatic carbocycles. The van der Waals surface area contributed by atoms with Gasteiger partial charge in [0.15, 0.2) is 0 Å². The molecule has 26 heavy (non-hydrogen) atoms. The summed E-state index contributed by atoms with van der Waals surface area (Å²) in [4.78, 5) is 36.4. The van der Waals surface area contributed by atoms with Crippen LogP contribution >= 0.6 is 0 Å². The molecule has 0 aliphatic carbocycles. The second-order valence-corrected chi connectivity index (χ2v) is 6.24. The normalized spacial score (nSPS) is 14.2. The van der Waals surface area contributed by atoms with E-state index in [-0.39, 0.29) is 11.8 Å². The highest BCUT2D eigenvalue weighted by Gasteiger charge is 2.21. The van der Waals surface area contributed by atoms with Crippen molar-refractivity contribution >= 4 is 23.5 Å². The van der Waals surface area contributed by atoms with Crippen LogP contribution in [0.3, 0.4) is 0 Å². The minimum Gasteiger partial charge on any atom is -0.339 e. The van der Waals surface area contributed by atoms with Crippen molar-refractivity contribution in [2.75, 3.05) is 36.4 Å². The molecule has 1 aliphatic rings. The number of nitrogens with zero attached hydrogens (tertiary/aromatic N) is 4. The van der Waals surface area contributed by atoms with Gasteiger partial charge in [0.1, 0.15) is 5.69 Å². The van der Waals surface area contributed by atoms with E-state index in [2.05, 4.69) is 22.2 Å². The maximum Gasteiger partial charge on any atom is 0.274 e. The number of anilines is 2. The minimum atomic E-state index is -0.264. The summed E-state index contributed by atoms with van der Waals surface area (Å²) in [6.45, 7) is 6.25. The first-order valence-electron chi connectivity index (χ1n) is 8.80. The van der Waals surface area contributed by atoms with Gasteiger partial charge in [-0.15, -0.1) is 0 Å². The summed E-state index contributed by atoms with van der Waals surface area (Å²) in [5, 5.41) is 2.86. The molecular weight excluding hydrogens is 330 g/mol. The average Bonchev–Trinajstić information content (AvgIpc) is 2.68. The van der Waals surface area contributed by atoms with E-state index in [1.54, 1.807) is 24.1 Å². The number of carbonyl (C=O) groups is 2. The highest BCUT2D eigenvalue weighted by atomic mass is 16.2. The van der Waals surface area contributed by atoms with Crippen LogP contribution in [0.2, 0.25) is 0 Å². The van der Waals surface area contributed by atoms with Gasteiger partial charge in [0.2, 0.25) is 11.9 Å². The molecule has 7 nitrogen and oxygen atoms in total. The van der Waals surface area contributed by atoms with Crippen LogP contribution < -0.4 is 10.2 Å². The van der Waals surface area contributed by atoms with Gasteiger partial charge < -0.3 is 15.1 Å². The number of aromatic nitrogens is 2. The SMILES string of the molecule is CCc1ccc(NC(=O)c2ccnc(N3CCN(C(C)=O)CC3)n2)cc1. The Morgan fingerprint density at radius 2 is 1.77 bits per heavy atom. The Hall–Kier alpha value is -2.96. The maximum atomic E-state index is 12.5. The van der Waals surface area contributed by atoms with Crippen molar-refractivity contribution in [2.45, 2.75) is 20.3 Å². The fourth-order valence-corrected chi connectivity index (χ4v) is 2.87. The summed E-state index contributed by atoms with van der Waals surface area (Å²) in [6.07, 6.45) is 2.55. The molecule has 1 saturated heterocycles. The lowest BCUT2D eigenvalue weighted by atomic mass is 10.1. The van der Waals surface area contributed by atoms with Crippen LogP contribution in [0.4, 0.5) is 11.6 Å². The van der Waals surface area contributed by atoms with Crippen molar-refractivity contribution in [1.29, 1.82) is 0 Å². The smallest absolute Gasteiger partial charge is 0.274 e. The van der Waals surface area contributed by atoms with Crippen LogP contribution in [0.1, 0.15) is 29.9 Å². The zero-order valence-electron chi connectivity index (χ0n) is 15.1. The summed E-state index contributed by atoms with van der Waals surface area (Å²) in [5.41, 5.74) is 2.28. The zero-order chi connectivity index (χ0) is 18.5. The molecule has 0 saturated carbocycles. The van der Waals surface area contributed by atoms with Crippen LogP contribution in [0, 0.1) is 0 Å². The summed E-state index contributed by atoms with van der Waals surface area (Å²) in [7, 11) is 0. The Labute approximate surface area is 153 Å². The molecule has 136 valence electrons. The number of benzene rings is 1. The Morgan fingerprint density at radius 3 is 2.38 bits per heavy atom. The van der Waals surface area contributed by atoms with Crippen LogP contribution in [-0.2, 0) is 11.2 Å². The first-order valence-corrected chi connectivity index (χ1v) is 8.80. The molecule has 1 aliphatic heterocycles. The molecule has 0 radical (unpaired) electrons. The van der Waals surface area contributed by atoms with Gasteiger partial charge in [-0.05, 0) is 30.2 Å². The third-order valence-electron chi connectivity index (χ3n) is 4.50. The molecule has 0 bridgehead atoms. The fourth-order valence-electron chi connectivity index (χ4n) is 2.87. The molecule has 1 fully saturated rings. The Kier molecular flexibility index (Phi) is 5.46. The maximum absolute atomic E-state index is 12.5. The van der Waals surface area contributed by atoms with E-state index in [0.717, 1.165) is 12.1 Å². The number of carbonyl (C=O) groups excluding carboxylic acids is 2. The van der Waals surface area contributed by atoms with Crippen LogP contribution in [-0.4, -0.2) is 52.9 Å². The fraction of sp³-hybridized carbons (Fsp3) is 0.368. The summed E-state index contributed by atoms with van der Waals surface area (Å²) < 4.78 is 0. The molecule has 1 aromatic heterocycles. The second kappa shape index (κ2) is 7.95. The average molecular weight is 353 g/mol. The molecule has 7 heteroatoms.